The van der Waals surface area contributed by atoms with Crippen LogP contribution in [0.5, 0.6) is 0 Å². The van der Waals surface area contributed by atoms with E-state index in [1.165, 1.54) is 0 Å². The van der Waals surface area contributed by atoms with Gasteiger partial charge >= 0.3 is 0 Å². The van der Waals surface area contributed by atoms with Gasteiger partial charge in [0.25, 0.3) is 0 Å². The molecule has 0 aliphatic heterocycles. The van der Waals surface area contributed by atoms with E-state index in [1.807, 2.05) is 50.3 Å². The van der Waals surface area contributed by atoms with Crippen molar-refractivity contribution in [3.05, 3.63) is 77.3 Å². The number of hydrogen-bond donors (Lipinski definition) is 0. The normalized spacial score (nSPS) is 13.4. The summed E-state index contributed by atoms with van der Waals surface area (Å²) < 4.78 is 0. The van der Waals surface area contributed by atoms with E-state index in [2.05, 4.69) is 0 Å². The largest absolute Gasteiger partial charge is 0.289 e. The van der Waals surface area contributed by atoms with Crippen molar-refractivity contribution in [1.29, 1.82) is 0 Å². The fourth-order valence-corrected chi connectivity index (χ4v) is 1.58. The first kappa shape index (κ1) is 15.0. The zero-order chi connectivity index (χ0) is 14.1. The topological polar surface area (TPSA) is 17.1 Å². The second-order valence-electron chi connectivity index (χ2n) is 3.98. The van der Waals surface area contributed by atoms with Crippen molar-refractivity contribution < 1.29 is 4.79 Å². The van der Waals surface area contributed by atoms with Crippen molar-refractivity contribution in [2.24, 2.45) is 0 Å². The first-order valence-electron chi connectivity index (χ1n) is 6.21. The second kappa shape index (κ2) is 8.09. The predicted molar refractivity (Wildman–Crippen MR) is 82.9 cm³/mol. The van der Waals surface area contributed by atoms with Crippen molar-refractivity contribution in [3.8, 4) is 0 Å². The van der Waals surface area contributed by atoms with Gasteiger partial charge in [-0.25, -0.2) is 0 Å². The lowest BCUT2D eigenvalue weighted by Gasteiger charge is -2.01. The molecule has 94 valence electrons. The highest BCUT2D eigenvalue weighted by molar-refractivity contribution is 6.28. The summed E-state index contributed by atoms with van der Waals surface area (Å²) in [6.45, 7) is 3.72. The van der Waals surface area contributed by atoms with Crippen LogP contribution >= 0.6 is 0 Å². The molecule has 1 aromatic rings. The summed E-state index contributed by atoms with van der Waals surface area (Å²) in [4.78, 5) is 12.1. The van der Waals surface area contributed by atoms with Crippen LogP contribution in [-0.4, -0.2) is 13.6 Å². The Morgan fingerprint density at radius 1 is 1.00 bits per heavy atom. The monoisotopic (exact) mass is 248 g/mol. The summed E-state index contributed by atoms with van der Waals surface area (Å²) in [5, 5.41) is 0. The highest BCUT2D eigenvalue weighted by Gasteiger charge is 2.04. The van der Waals surface area contributed by atoms with E-state index in [-0.39, 0.29) is 5.78 Å². The third-order valence-corrected chi connectivity index (χ3v) is 2.48. The van der Waals surface area contributed by atoms with Crippen LogP contribution in [0.2, 0.25) is 0 Å². The molecule has 0 fully saturated rings. The number of ketones is 1. The van der Waals surface area contributed by atoms with Gasteiger partial charge in [0.05, 0.1) is 0 Å². The van der Waals surface area contributed by atoms with Gasteiger partial charge in [0.1, 0.15) is 7.85 Å². The summed E-state index contributed by atoms with van der Waals surface area (Å²) in [7, 11) is 5.87. The van der Waals surface area contributed by atoms with Gasteiger partial charge in [-0.15, -0.1) is 0 Å². The van der Waals surface area contributed by atoms with Crippen molar-refractivity contribution >= 4 is 19.7 Å². The molecule has 2 radical (unpaired) electrons. The summed E-state index contributed by atoms with van der Waals surface area (Å²) in [5.74, 6) is -0.0995. The maximum atomic E-state index is 12.1. The van der Waals surface area contributed by atoms with Gasteiger partial charge in [0.2, 0.25) is 0 Å². The van der Waals surface area contributed by atoms with E-state index >= 15 is 0 Å². The zero-order valence-electron chi connectivity index (χ0n) is 11.3. The van der Waals surface area contributed by atoms with Crippen LogP contribution in [0.25, 0.3) is 6.08 Å². The molecule has 0 atom stereocenters. The Hall–Kier alpha value is -2.09. The standard InChI is InChI=1S/C17H17BO/c1-3-8-15(16(18)9-4-2)17(19)13-12-14-10-6-5-7-11-14/h3-13H,1-2H3/b8-3-,9-4-,13-12+,16-15-. The molecule has 1 rings (SSSR count). The maximum absolute atomic E-state index is 12.1. The van der Waals surface area contributed by atoms with Gasteiger partial charge in [-0.05, 0) is 25.5 Å². The molecule has 0 aliphatic rings. The molecule has 0 spiro atoms. The average molecular weight is 248 g/mol. The molecule has 19 heavy (non-hydrogen) atoms. The van der Waals surface area contributed by atoms with Crippen molar-refractivity contribution in [2.45, 2.75) is 13.8 Å². The van der Waals surface area contributed by atoms with Crippen LogP contribution in [0.15, 0.2) is 71.8 Å². The highest BCUT2D eigenvalue weighted by Crippen LogP contribution is 2.09. The van der Waals surface area contributed by atoms with Gasteiger partial charge < -0.3 is 0 Å². The molecule has 0 heterocycles. The quantitative estimate of drug-likeness (QED) is 0.439. The molecule has 1 nitrogen and oxygen atoms in total. The summed E-state index contributed by atoms with van der Waals surface area (Å²) >= 11 is 0. The molecule has 0 N–H and O–H groups in total. The molecular weight excluding hydrogens is 231 g/mol. The Balaban J connectivity index is 2.97. The second-order valence-corrected chi connectivity index (χ2v) is 3.98. The molecule has 2 heteroatoms. The third-order valence-electron chi connectivity index (χ3n) is 2.48. The number of allylic oxidation sites excluding steroid dienone is 7. The number of hydrogen-bond acceptors (Lipinski definition) is 1. The summed E-state index contributed by atoms with van der Waals surface area (Å²) in [5.41, 5.74) is 1.97. The smallest absolute Gasteiger partial charge is 0.185 e. The molecule has 1 aromatic carbocycles. The van der Waals surface area contributed by atoms with Crippen molar-refractivity contribution in [2.75, 3.05) is 0 Å². The Morgan fingerprint density at radius 2 is 1.63 bits per heavy atom. The van der Waals surface area contributed by atoms with Crippen LogP contribution < -0.4 is 0 Å². The number of rotatable bonds is 5. The number of carbonyl (C=O) groups excluding carboxylic acids is 1. The van der Waals surface area contributed by atoms with Gasteiger partial charge in [0.15, 0.2) is 5.78 Å². The van der Waals surface area contributed by atoms with E-state index in [4.69, 9.17) is 7.85 Å². The summed E-state index contributed by atoms with van der Waals surface area (Å²) in [6, 6.07) is 9.69. The number of carbonyl (C=O) groups is 1. The molecule has 0 unspecified atom stereocenters. The molecule has 0 aromatic heterocycles. The minimum Gasteiger partial charge on any atom is -0.289 e. The Labute approximate surface area is 116 Å². The van der Waals surface area contributed by atoms with E-state index in [9.17, 15) is 4.79 Å². The molecule has 0 bridgehead atoms. The van der Waals surface area contributed by atoms with Gasteiger partial charge in [-0.2, -0.15) is 0 Å². The van der Waals surface area contributed by atoms with Crippen LogP contribution in [0.1, 0.15) is 19.4 Å². The van der Waals surface area contributed by atoms with Crippen LogP contribution in [0, 0.1) is 0 Å². The van der Waals surface area contributed by atoms with E-state index < -0.39 is 0 Å². The lowest BCUT2D eigenvalue weighted by Crippen LogP contribution is -2.00. The maximum Gasteiger partial charge on any atom is 0.185 e. The van der Waals surface area contributed by atoms with E-state index in [1.54, 1.807) is 30.4 Å². The molecular formula is C17H17BO. The first-order chi connectivity index (χ1) is 9.19. The lowest BCUT2D eigenvalue weighted by molar-refractivity contribution is -0.111. The fourth-order valence-electron chi connectivity index (χ4n) is 1.58. The Morgan fingerprint density at radius 3 is 2.21 bits per heavy atom. The molecule has 0 aliphatic carbocycles. The van der Waals surface area contributed by atoms with Crippen molar-refractivity contribution in [3.63, 3.8) is 0 Å². The van der Waals surface area contributed by atoms with E-state index in [0.717, 1.165) is 5.56 Å². The average Bonchev–Trinajstić information content (AvgIpc) is 2.43. The van der Waals surface area contributed by atoms with E-state index in [0.29, 0.717) is 11.0 Å². The minimum absolute atomic E-state index is 0.0995. The molecule has 0 amide bonds. The number of benzene rings is 1. The van der Waals surface area contributed by atoms with Crippen LogP contribution in [-0.2, 0) is 4.79 Å². The summed E-state index contributed by atoms with van der Waals surface area (Å²) in [6.07, 6.45) is 10.4. The van der Waals surface area contributed by atoms with Gasteiger partial charge in [0, 0.05) is 5.57 Å². The predicted octanol–water partition coefficient (Wildman–Crippen LogP) is 3.84. The lowest BCUT2D eigenvalue weighted by atomic mass is 9.87. The fraction of sp³-hybridized carbons (Fsp3) is 0.118. The van der Waals surface area contributed by atoms with Gasteiger partial charge in [-0.3, -0.25) is 4.79 Å². The zero-order valence-corrected chi connectivity index (χ0v) is 11.3. The Bertz CT molecular complexity index is 534. The minimum atomic E-state index is -0.0995. The van der Waals surface area contributed by atoms with Crippen LogP contribution in [0.4, 0.5) is 0 Å². The Kier molecular flexibility index (Phi) is 6.38. The SMILES string of the molecule is [B]C(/C=C\C)=C(/C=C\C)C(=O)/C=C/c1ccccc1. The third kappa shape index (κ3) is 4.96. The van der Waals surface area contributed by atoms with Crippen molar-refractivity contribution in [1.82, 2.24) is 0 Å². The molecule has 0 saturated heterocycles. The highest BCUT2D eigenvalue weighted by atomic mass is 16.1. The first-order valence-corrected chi connectivity index (χ1v) is 6.21. The van der Waals surface area contributed by atoms with Gasteiger partial charge in [-0.1, -0.05) is 66.2 Å². The van der Waals surface area contributed by atoms with Crippen LogP contribution in [0.3, 0.4) is 0 Å². The molecule has 0 saturated carbocycles.